The van der Waals surface area contributed by atoms with Crippen LogP contribution in [0.4, 0.5) is 4.79 Å². The zero-order valence-electron chi connectivity index (χ0n) is 19.9. The average Bonchev–Trinajstić information content (AvgIpc) is 3.17. The van der Waals surface area contributed by atoms with E-state index in [4.69, 9.17) is 9.47 Å². The lowest BCUT2D eigenvalue weighted by atomic mass is 9.98. The highest BCUT2D eigenvalue weighted by Gasteiger charge is 2.29. The molecule has 0 saturated heterocycles. The van der Waals surface area contributed by atoms with E-state index >= 15 is 0 Å². The van der Waals surface area contributed by atoms with Gasteiger partial charge >= 0.3 is 12.1 Å². The topological polar surface area (TPSA) is 114 Å². The first-order valence-electron chi connectivity index (χ1n) is 11.8. The molecule has 0 aliphatic heterocycles. The highest BCUT2D eigenvalue weighted by atomic mass is 16.5. The second-order valence-corrected chi connectivity index (χ2v) is 8.31. The van der Waals surface area contributed by atoms with Crippen molar-refractivity contribution < 1.29 is 29.0 Å². The van der Waals surface area contributed by atoms with E-state index in [1.165, 1.54) is 0 Å². The molecule has 2 amide bonds. The van der Waals surface area contributed by atoms with Crippen LogP contribution in [0.5, 0.6) is 0 Å². The van der Waals surface area contributed by atoms with Crippen LogP contribution in [0.15, 0.2) is 61.2 Å². The molecular formula is C27H32N2O6. The molecular weight excluding hydrogens is 448 g/mol. The molecule has 8 heteroatoms. The van der Waals surface area contributed by atoms with Crippen LogP contribution in [0.25, 0.3) is 11.1 Å². The number of aliphatic carboxylic acids is 1. The van der Waals surface area contributed by atoms with Crippen molar-refractivity contribution in [1.29, 1.82) is 0 Å². The highest BCUT2D eigenvalue weighted by molar-refractivity contribution is 5.84. The van der Waals surface area contributed by atoms with Gasteiger partial charge in [-0.15, -0.1) is 6.58 Å². The summed E-state index contributed by atoms with van der Waals surface area (Å²) in [7, 11) is 0. The summed E-state index contributed by atoms with van der Waals surface area (Å²) in [5.74, 6) is -1.62. The third-order valence-corrected chi connectivity index (χ3v) is 5.93. The highest BCUT2D eigenvalue weighted by Crippen LogP contribution is 2.44. The number of ether oxygens (including phenoxy) is 2. The average molecular weight is 481 g/mol. The van der Waals surface area contributed by atoms with Crippen molar-refractivity contribution in [2.24, 2.45) is 0 Å². The Morgan fingerprint density at radius 1 is 1.09 bits per heavy atom. The summed E-state index contributed by atoms with van der Waals surface area (Å²) < 4.78 is 11.1. The summed E-state index contributed by atoms with van der Waals surface area (Å²) in [6.07, 6.45) is 1.01. The largest absolute Gasteiger partial charge is 0.480 e. The minimum Gasteiger partial charge on any atom is -0.480 e. The Bertz CT molecular complexity index is 1010. The smallest absolute Gasteiger partial charge is 0.407 e. The lowest BCUT2D eigenvalue weighted by Gasteiger charge is -2.20. The van der Waals surface area contributed by atoms with Crippen molar-refractivity contribution in [3.63, 3.8) is 0 Å². The molecule has 0 heterocycles. The first-order valence-corrected chi connectivity index (χ1v) is 11.8. The Labute approximate surface area is 205 Å². The van der Waals surface area contributed by atoms with Crippen molar-refractivity contribution in [3.8, 4) is 11.1 Å². The van der Waals surface area contributed by atoms with Gasteiger partial charge in [0.2, 0.25) is 5.91 Å². The summed E-state index contributed by atoms with van der Waals surface area (Å²) >= 11 is 0. The SMILES string of the molecule is C=CCCC(NC(=O)CC(CNC(=O)OCC1c2ccccc2-c2ccccc21)OCC)C(=O)O. The summed E-state index contributed by atoms with van der Waals surface area (Å²) in [6.45, 7) is 5.93. The Balaban J connectivity index is 1.51. The number of fused-ring (bicyclic) bond motifs is 3. The summed E-state index contributed by atoms with van der Waals surface area (Å²) in [5.41, 5.74) is 4.53. The Morgan fingerprint density at radius 2 is 1.71 bits per heavy atom. The second-order valence-electron chi connectivity index (χ2n) is 8.31. The quantitative estimate of drug-likeness (QED) is 0.375. The summed E-state index contributed by atoms with van der Waals surface area (Å²) in [5, 5.41) is 14.4. The molecule has 0 aromatic heterocycles. The predicted molar refractivity (Wildman–Crippen MR) is 132 cm³/mol. The maximum Gasteiger partial charge on any atom is 0.407 e. The first-order chi connectivity index (χ1) is 16.9. The number of carboxylic acid groups (broad SMARTS) is 1. The van der Waals surface area contributed by atoms with Crippen LogP contribution in [0.2, 0.25) is 0 Å². The molecule has 0 radical (unpaired) electrons. The second kappa shape index (κ2) is 12.7. The van der Waals surface area contributed by atoms with E-state index in [0.717, 1.165) is 22.3 Å². The van der Waals surface area contributed by atoms with E-state index < -0.39 is 30.1 Å². The number of amides is 2. The number of carbonyl (C=O) groups is 3. The number of nitrogens with one attached hydrogen (secondary N) is 2. The summed E-state index contributed by atoms with van der Waals surface area (Å²) in [6, 6.07) is 15.2. The van der Waals surface area contributed by atoms with E-state index in [0.29, 0.717) is 13.0 Å². The van der Waals surface area contributed by atoms with Gasteiger partial charge in [0.25, 0.3) is 0 Å². The Kier molecular flexibility index (Phi) is 9.43. The van der Waals surface area contributed by atoms with Gasteiger partial charge in [-0.1, -0.05) is 54.6 Å². The van der Waals surface area contributed by atoms with Crippen molar-refractivity contribution in [2.75, 3.05) is 19.8 Å². The van der Waals surface area contributed by atoms with Crippen LogP contribution >= 0.6 is 0 Å². The number of hydrogen-bond acceptors (Lipinski definition) is 5. The molecule has 0 spiro atoms. The molecule has 1 aliphatic rings. The maximum atomic E-state index is 12.4. The molecule has 35 heavy (non-hydrogen) atoms. The van der Waals surface area contributed by atoms with E-state index in [1.807, 2.05) is 36.4 Å². The van der Waals surface area contributed by atoms with Gasteiger partial charge in [0.1, 0.15) is 12.6 Å². The number of rotatable bonds is 13. The van der Waals surface area contributed by atoms with Crippen LogP contribution in [0.3, 0.4) is 0 Å². The number of alkyl carbamates (subject to hydrolysis) is 1. The van der Waals surface area contributed by atoms with Gasteiger partial charge in [-0.05, 0) is 42.0 Å². The van der Waals surface area contributed by atoms with Crippen LogP contribution in [0, 0.1) is 0 Å². The van der Waals surface area contributed by atoms with Crippen molar-refractivity contribution in [2.45, 2.75) is 44.2 Å². The fraction of sp³-hybridized carbons (Fsp3) is 0.370. The number of benzene rings is 2. The van der Waals surface area contributed by atoms with Crippen LogP contribution in [0.1, 0.15) is 43.2 Å². The van der Waals surface area contributed by atoms with Crippen molar-refractivity contribution >= 4 is 18.0 Å². The zero-order chi connectivity index (χ0) is 25.2. The van der Waals surface area contributed by atoms with Gasteiger partial charge in [0.15, 0.2) is 0 Å². The predicted octanol–water partition coefficient (Wildman–Crippen LogP) is 3.86. The van der Waals surface area contributed by atoms with E-state index in [1.54, 1.807) is 13.0 Å². The Morgan fingerprint density at radius 3 is 2.29 bits per heavy atom. The molecule has 0 saturated carbocycles. The normalized spacial score (nSPS) is 13.7. The molecule has 8 nitrogen and oxygen atoms in total. The van der Waals surface area contributed by atoms with Crippen molar-refractivity contribution in [3.05, 3.63) is 72.3 Å². The van der Waals surface area contributed by atoms with Crippen LogP contribution in [-0.2, 0) is 19.1 Å². The number of carbonyl (C=O) groups excluding carboxylic acids is 2. The van der Waals surface area contributed by atoms with Gasteiger partial charge < -0.3 is 25.2 Å². The fourth-order valence-electron chi connectivity index (χ4n) is 4.27. The van der Waals surface area contributed by atoms with Crippen molar-refractivity contribution in [1.82, 2.24) is 10.6 Å². The molecule has 2 aromatic carbocycles. The third kappa shape index (κ3) is 6.93. The molecule has 0 bridgehead atoms. The fourth-order valence-corrected chi connectivity index (χ4v) is 4.27. The van der Waals surface area contributed by atoms with Gasteiger partial charge in [-0.25, -0.2) is 9.59 Å². The van der Waals surface area contributed by atoms with Gasteiger partial charge in [0.05, 0.1) is 12.5 Å². The van der Waals surface area contributed by atoms with Gasteiger partial charge in [-0.3, -0.25) is 4.79 Å². The monoisotopic (exact) mass is 480 g/mol. The molecule has 2 aromatic rings. The molecule has 0 fully saturated rings. The van der Waals surface area contributed by atoms with E-state index in [9.17, 15) is 19.5 Å². The molecule has 2 unspecified atom stereocenters. The van der Waals surface area contributed by atoms with E-state index in [2.05, 4.69) is 29.3 Å². The number of hydrogen-bond donors (Lipinski definition) is 3. The van der Waals surface area contributed by atoms with Crippen LogP contribution < -0.4 is 10.6 Å². The summed E-state index contributed by atoms with van der Waals surface area (Å²) in [4.78, 5) is 36.1. The lowest BCUT2D eigenvalue weighted by Crippen LogP contribution is -2.43. The van der Waals surface area contributed by atoms with Gasteiger partial charge in [-0.2, -0.15) is 0 Å². The minimum absolute atomic E-state index is 0.0508. The first kappa shape index (κ1) is 26.0. The molecule has 3 N–H and O–H groups in total. The Hall–Kier alpha value is -3.65. The minimum atomic E-state index is -1.11. The molecule has 3 rings (SSSR count). The maximum absolute atomic E-state index is 12.4. The van der Waals surface area contributed by atoms with Crippen LogP contribution in [-0.4, -0.2) is 55.0 Å². The lowest BCUT2D eigenvalue weighted by molar-refractivity contribution is -0.142. The van der Waals surface area contributed by atoms with Gasteiger partial charge in [0, 0.05) is 19.1 Å². The standard InChI is InChI=1S/C27H32N2O6/c1-3-5-14-24(26(31)32)29-25(30)15-18(34-4-2)16-28-27(33)35-17-23-21-12-8-6-10-19(21)20-11-7-9-13-22(20)23/h3,6-13,18,23-24H,1,4-5,14-17H2,2H3,(H,28,33)(H,29,30)(H,31,32). The zero-order valence-corrected chi connectivity index (χ0v) is 19.9. The molecule has 186 valence electrons. The third-order valence-electron chi connectivity index (χ3n) is 5.93. The number of allylic oxidation sites excluding steroid dienone is 1. The molecule has 1 aliphatic carbocycles. The van der Waals surface area contributed by atoms with E-state index in [-0.39, 0.29) is 31.9 Å². The number of carboxylic acids is 1. The molecule has 2 atom stereocenters.